The summed E-state index contributed by atoms with van der Waals surface area (Å²) in [5, 5.41) is 16.1. The minimum absolute atomic E-state index is 0.143. The van der Waals surface area contributed by atoms with E-state index in [9.17, 15) is 18.7 Å². The van der Waals surface area contributed by atoms with Crippen molar-refractivity contribution in [2.45, 2.75) is 75.8 Å². The maximum absolute atomic E-state index is 13.7. The second-order valence-electron chi connectivity index (χ2n) is 10.0. The molecule has 4 rings (SSSR count). The van der Waals surface area contributed by atoms with Gasteiger partial charge in [-0.05, 0) is 43.7 Å². The van der Waals surface area contributed by atoms with E-state index in [4.69, 9.17) is 9.47 Å². The zero-order valence-corrected chi connectivity index (χ0v) is 19.3. The van der Waals surface area contributed by atoms with Gasteiger partial charge in [0.2, 0.25) is 0 Å². The van der Waals surface area contributed by atoms with E-state index >= 15 is 0 Å². The molecule has 0 bridgehead atoms. The molecule has 6 nitrogen and oxygen atoms in total. The third-order valence-electron chi connectivity index (χ3n) is 6.29. The fourth-order valence-electron chi connectivity index (χ4n) is 4.74. The predicted octanol–water partition coefficient (Wildman–Crippen LogP) is 4.34. The molecule has 2 fully saturated rings. The minimum Gasteiger partial charge on any atom is -0.488 e. The second kappa shape index (κ2) is 9.06. The standard InChI is InChI=1S/C25H32F2N2O4/c1-24(2,3)33-23(31)28-19-15-20(22(30)21(19)29-12-10-25(26,27)11-13-29)32-18-9-8-16-6-4-5-7-17(16)14-18/h4-9,14,19-22,30H,10-13,15H2,1-3H3,(H,28,31)/t19-,20-,21+,22+/m1/s1. The molecular formula is C25H32F2N2O4. The van der Waals surface area contributed by atoms with Crippen LogP contribution in [0.2, 0.25) is 0 Å². The molecule has 1 amide bonds. The molecule has 1 aliphatic heterocycles. The number of amides is 1. The number of hydrogen-bond acceptors (Lipinski definition) is 5. The molecule has 0 unspecified atom stereocenters. The Morgan fingerprint density at radius 1 is 1.12 bits per heavy atom. The predicted molar refractivity (Wildman–Crippen MR) is 122 cm³/mol. The lowest BCUT2D eigenvalue weighted by atomic mass is 10.0. The number of alkyl carbamates (subject to hydrolysis) is 1. The quantitative estimate of drug-likeness (QED) is 0.707. The number of benzene rings is 2. The summed E-state index contributed by atoms with van der Waals surface area (Å²) in [7, 11) is 0. The lowest BCUT2D eigenvalue weighted by Gasteiger charge is -2.39. The van der Waals surface area contributed by atoms with Crippen LogP contribution in [0.1, 0.15) is 40.0 Å². The number of aliphatic hydroxyl groups excluding tert-OH is 1. The van der Waals surface area contributed by atoms with Crippen molar-refractivity contribution >= 4 is 16.9 Å². The number of carbonyl (C=O) groups excluding carboxylic acids is 1. The first-order chi connectivity index (χ1) is 15.5. The Kier molecular flexibility index (Phi) is 6.51. The molecule has 0 radical (unpaired) electrons. The highest BCUT2D eigenvalue weighted by Gasteiger charge is 2.49. The summed E-state index contributed by atoms with van der Waals surface area (Å²) in [4.78, 5) is 14.3. The van der Waals surface area contributed by atoms with Crippen LogP contribution in [0.4, 0.5) is 13.6 Å². The van der Waals surface area contributed by atoms with Crippen molar-refractivity contribution in [3.8, 4) is 5.75 Å². The van der Waals surface area contributed by atoms with E-state index in [2.05, 4.69) is 5.32 Å². The van der Waals surface area contributed by atoms with Gasteiger partial charge in [0, 0.05) is 32.4 Å². The van der Waals surface area contributed by atoms with Gasteiger partial charge in [0.05, 0.1) is 12.1 Å². The van der Waals surface area contributed by atoms with Gasteiger partial charge in [-0.25, -0.2) is 13.6 Å². The molecule has 0 aromatic heterocycles. The van der Waals surface area contributed by atoms with Gasteiger partial charge in [0.25, 0.3) is 5.92 Å². The van der Waals surface area contributed by atoms with Gasteiger partial charge < -0.3 is 19.9 Å². The van der Waals surface area contributed by atoms with Crippen LogP contribution in [0.3, 0.4) is 0 Å². The second-order valence-corrected chi connectivity index (χ2v) is 10.0. The molecule has 180 valence electrons. The van der Waals surface area contributed by atoms with Crippen molar-refractivity contribution in [2.24, 2.45) is 0 Å². The van der Waals surface area contributed by atoms with Crippen LogP contribution in [0, 0.1) is 0 Å². The molecule has 1 saturated carbocycles. The Morgan fingerprint density at radius 3 is 2.45 bits per heavy atom. The van der Waals surface area contributed by atoms with Gasteiger partial charge in [-0.2, -0.15) is 0 Å². The first-order valence-corrected chi connectivity index (χ1v) is 11.5. The highest BCUT2D eigenvalue weighted by Crippen LogP contribution is 2.35. The molecule has 33 heavy (non-hydrogen) atoms. The number of aliphatic hydroxyl groups is 1. The molecule has 1 saturated heterocycles. The van der Waals surface area contributed by atoms with E-state index in [1.165, 1.54) is 0 Å². The average Bonchev–Trinajstić information content (AvgIpc) is 3.01. The van der Waals surface area contributed by atoms with Gasteiger partial charge in [0.1, 0.15) is 23.6 Å². The minimum atomic E-state index is -2.70. The normalized spacial score (nSPS) is 27.9. The maximum atomic E-state index is 13.7. The number of rotatable bonds is 4. The number of likely N-dealkylation sites (tertiary alicyclic amines) is 1. The van der Waals surface area contributed by atoms with Crippen molar-refractivity contribution in [2.75, 3.05) is 13.1 Å². The van der Waals surface area contributed by atoms with Crippen molar-refractivity contribution < 1.29 is 28.2 Å². The third kappa shape index (κ3) is 5.73. The summed E-state index contributed by atoms with van der Waals surface area (Å²) in [5.41, 5.74) is -0.676. The molecule has 1 aliphatic carbocycles. The summed E-state index contributed by atoms with van der Waals surface area (Å²) in [6.07, 6.45) is -2.36. The lowest BCUT2D eigenvalue weighted by Crippen LogP contribution is -2.56. The van der Waals surface area contributed by atoms with Crippen LogP contribution < -0.4 is 10.1 Å². The average molecular weight is 463 g/mol. The molecule has 2 aliphatic rings. The van der Waals surface area contributed by atoms with Crippen molar-refractivity contribution in [3.05, 3.63) is 42.5 Å². The van der Waals surface area contributed by atoms with Crippen molar-refractivity contribution in [3.63, 3.8) is 0 Å². The number of carbonyl (C=O) groups is 1. The topological polar surface area (TPSA) is 71.0 Å². The van der Waals surface area contributed by atoms with Crippen LogP contribution in [-0.2, 0) is 4.74 Å². The van der Waals surface area contributed by atoms with Crippen molar-refractivity contribution in [1.29, 1.82) is 0 Å². The Morgan fingerprint density at radius 2 is 1.79 bits per heavy atom. The number of nitrogens with zero attached hydrogens (tertiary/aromatic N) is 1. The van der Waals surface area contributed by atoms with Gasteiger partial charge in [-0.3, -0.25) is 4.90 Å². The number of ether oxygens (including phenoxy) is 2. The van der Waals surface area contributed by atoms with Crippen LogP contribution in [0.5, 0.6) is 5.75 Å². The fourth-order valence-corrected chi connectivity index (χ4v) is 4.74. The first kappa shape index (κ1) is 23.7. The third-order valence-corrected chi connectivity index (χ3v) is 6.29. The van der Waals surface area contributed by atoms with Gasteiger partial charge in [-0.15, -0.1) is 0 Å². The largest absolute Gasteiger partial charge is 0.488 e. The lowest BCUT2D eigenvalue weighted by molar-refractivity contribution is -0.0790. The summed E-state index contributed by atoms with van der Waals surface area (Å²) in [5.74, 6) is -2.09. The monoisotopic (exact) mass is 462 g/mol. The zero-order chi connectivity index (χ0) is 23.8. The molecule has 4 atom stereocenters. The number of alkyl halides is 2. The van der Waals surface area contributed by atoms with E-state index in [1.807, 2.05) is 47.4 Å². The van der Waals surface area contributed by atoms with E-state index in [0.717, 1.165) is 10.8 Å². The Labute approximate surface area is 192 Å². The Hall–Kier alpha value is -2.45. The molecule has 0 spiro atoms. The number of halogens is 2. The van der Waals surface area contributed by atoms with Crippen LogP contribution in [-0.4, -0.2) is 65.0 Å². The van der Waals surface area contributed by atoms with E-state index < -0.39 is 41.9 Å². The first-order valence-electron chi connectivity index (χ1n) is 11.5. The van der Waals surface area contributed by atoms with E-state index in [1.54, 1.807) is 20.8 Å². The summed E-state index contributed by atoms with van der Waals surface area (Å²) >= 11 is 0. The Bertz CT molecular complexity index is 984. The van der Waals surface area contributed by atoms with E-state index in [-0.39, 0.29) is 25.9 Å². The fraction of sp³-hybridized carbons (Fsp3) is 0.560. The molecule has 1 heterocycles. The SMILES string of the molecule is CC(C)(C)OC(=O)N[C@@H]1C[C@@H](Oc2ccc3ccccc3c2)[C@H](O)[C@H]1N1CCC(F)(F)CC1. The molecule has 2 N–H and O–H groups in total. The van der Waals surface area contributed by atoms with Crippen LogP contribution in [0.25, 0.3) is 10.8 Å². The number of piperidine rings is 1. The zero-order valence-electron chi connectivity index (χ0n) is 19.3. The van der Waals surface area contributed by atoms with Crippen molar-refractivity contribution in [1.82, 2.24) is 10.2 Å². The summed E-state index contributed by atoms with van der Waals surface area (Å²) < 4.78 is 39.0. The number of hydrogen-bond donors (Lipinski definition) is 2. The van der Waals surface area contributed by atoms with Crippen LogP contribution in [0.15, 0.2) is 42.5 Å². The molecular weight excluding hydrogens is 430 g/mol. The molecule has 2 aromatic carbocycles. The summed E-state index contributed by atoms with van der Waals surface area (Å²) in [6.45, 7) is 5.59. The summed E-state index contributed by atoms with van der Waals surface area (Å²) in [6, 6.07) is 12.6. The van der Waals surface area contributed by atoms with Gasteiger partial charge in [0.15, 0.2) is 0 Å². The molecule has 2 aromatic rings. The van der Waals surface area contributed by atoms with Crippen LogP contribution >= 0.6 is 0 Å². The van der Waals surface area contributed by atoms with Gasteiger partial charge in [-0.1, -0.05) is 30.3 Å². The van der Waals surface area contributed by atoms with E-state index in [0.29, 0.717) is 12.2 Å². The smallest absolute Gasteiger partial charge is 0.407 e. The Balaban J connectivity index is 1.52. The highest BCUT2D eigenvalue weighted by atomic mass is 19.3. The van der Waals surface area contributed by atoms with Gasteiger partial charge >= 0.3 is 6.09 Å². The number of fused-ring (bicyclic) bond motifs is 1. The molecule has 8 heteroatoms. The maximum Gasteiger partial charge on any atom is 0.407 e. The number of nitrogens with one attached hydrogen (secondary N) is 1. The highest BCUT2D eigenvalue weighted by molar-refractivity contribution is 5.83.